The van der Waals surface area contributed by atoms with Crippen LogP contribution in [0.2, 0.25) is 0 Å². The molecule has 4 rings (SSSR count). The number of nitrogens with zero attached hydrogens (tertiary/aromatic N) is 3. The van der Waals surface area contributed by atoms with E-state index in [1.54, 1.807) is 48.8 Å². The van der Waals surface area contributed by atoms with Crippen LogP contribution in [0.4, 0.5) is 16.2 Å². The summed E-state index contributed by atoms with van der Waals surface area (Å²) in [6, 6.07) is 10.4. The van der Waals surface area contributed by atoms with Crippen molar-refractivity contribution in [2.24, 2.45) is 5.92 Å². The minimum Gasteiger partial charge on any atom is -0.326 e. The van der Waals surface area contributed by atoms with E-state index < -0.39 is 0 Å². The molecule has 2 N–H and O–H groups in total. The minimum atomic E-state index is -0.241. The van der Waals surface area contributed by atoms with Crippen molar-refractivity contribution in [2.45, 2.75) is 25.7 Å². The third-order valence-corrected chi connectivity index (χ3v) is 5.77. The van der Waals surface area contributed by atoms with Crippen molar-refractivity contribution >= 4 is 29.2 Å². The Bertz CT molecular complexity index is 943. The number of amides is 4. The highest BCUT2D eigenvalue weighted by molar-refractivity contribution is 6.04. The van der Waals surface area contributed by atoms with Gasteiger partial charge in [-0.2, -0.15) is 0 Å². The van der Waals surface area contributed by atoms with E-state index >= 15 is 0 Å². The number of piperidine rings is 1. The lowest BCUT2D eigenvalue weighted by Crippen LogP contribution is -2.48. The molecule has 8 nitrogen and oxygen atoms in total. The van der Waals surface area contributed by atoms with Gasteiger partial charge in [-0.25, -0.2) is 4.79 Å². The van der Waals surface area contributed by atoms with Crippen molar-refractivity contribution in [3.8, 4) is 0 Å². The molecular formula is C23H27N5O3. The van der Waals surface area contributed by atoms with Crippen molar-refractivity contribution < 1.29 is 14.4 Å². The van der Waals surface area contributed by atoms with Gasteiger partial charge in [0.15, 0.2) is 0 Å². The summed E-state index contributed by atoms with van der Waals surface area (Å²) in [6.45, 7) is 2.77. The molecule has 1 aromatic carbocycles. The zero-order valence-corrected chi connectivity index (χ0v) is 17.4. The second kappa shape index (κ2) is 9.59. The van der Waals surface area contributed by atoms with Crippen LogP contribution in [0, 0.1) is 5.92 Å². The van der Waals surface area contributed by atoms with E-state index in [4.69, 9.17) is 0 Å². The van der Waals surface area contributed by atoms with E-state index in [-0.39, 0.29) is 23.8 Å². The van der Waals surface area contributed by atoms with Gasteiger partial charge < -0.3 is 20.4 Å². The van der Waals surface area contributed by atoms with Crippen LogP contribution in [0.5, 0.6) is 0 Å². The lowest BCUT2D eigenvalue weighted by Gasteiger charge is -2.34. The Labute approximate surface area is 181 Å². The fourth-order valence-electron chi connectivity index (χ4n) is 4.10. The fraction of sp³-hybridized carbons (Fsp3) is 0.391. The molecule has 4 amide bonds. The predicted octanol–water partition coefficient (Wildman–Crippen LogP) is 3.20. The number of aromatic nitrogens is 1. The van der Waals surface area contributed by atoms with Crippen molar-refractivity contribution in [1.29, 1.82) is 0 Å². The van der Waals surface area contributed by atoms with E-state index in [1.165, 1.54) is 0 Å². The maximum Gasteiger partial charge on any atom is 0.320 e. The first-order valence-electron chi connectivity index (χ1n) is 10.8. The van der Waals surface area contributed by atoms with Gasteiger partial charge in [-0.15, -0.1) is 0 Å². The average Bonchev–Trinajstić information content (AvgIpc) is 3.34. The van der Waals surface area contributed by atoms with Gasteiger partial charge in [-0.1, -0.05) is 6.07 Å². The quantitative estimate of drug-likeness (QED) is 0.793. The van der Waals surface area contributed by atoms with E-state index in [9.17, 15) is 14.4 Å². The number of hydrogen-bond acceptors (Lipinski definition) is 4. The first-order chi connectivity index (χ1) is 15.1. The summed E-state index contributed by atoms with van der Waals surface area (Å²) >= 11 is 0. The topological polar surface area (TPSA) is 94.6 Å². The number of pyridine rings is 1. The number of carbonyl (C=O) groups is 3. The molecule has 162 valence electrons. The summed E-state index contributed by atoms with van der Waals surface area (Å²) < 4.78 is 0. The lowest BCUT2D eigenvalue weighted by molar-refractivity contribution is -0.121. The molecule has 1 aromatic heterocycles. The molecule has 2 aliphatic rings. The molecule has 2 aliphatic heterocycles. The standard InChI is InChI=1S/C23H27N5O3/c29-21(17-8-10-24-11-9-17)25-19-6-3-7-20(15-19)26-22(30)18-5-4-14-28(16-18)23(31)27-12-1-2-13-27/h3,6-11,15,18H,1-2,4-5,12-14,16H2,(H,25,29)(H,26,30)/t18-/m0/s1. The Morgan fingerprint density at radius 1 is 0.871 bits per heavy atom. The highest BCUT2D eigenvalue weighted by Gasteiger charge is 2.31. The van der Waals surface area contributed by atoms with Crippen LogP contribution >= 0.6 is 0 Å². The van der Waals surface area contributed by atoms with Crippen LogP contribution in [-0.2, 0) is 4.79 Å². The Morgan fingerprint density at radius 2 is 1.55 bits per heavy atom. The fourth-order valence-corrected chi connectivity index (χ4v) is 4.10. The van der Waals surface area contributed by atoms with Gasteiger partial charge in [0.2, 0.25) is 5.91 Å². The highest BCUT2D eigenvalue weighted by atomic mass is 16.2. The first-order valence-corrected chi connectivity index (χ1v) is 10.8. The maximum absolute atomic E-state index is 12.9. The Kier molecular flexibility index (Phi) is 6.45. The van der Waals surface area contributed by atoms with E-state index in [2.05, 4.69) is 15.6 Å². The predicted molar refractivity (Wildman–Crippen MR) is 118 cm³/mol. The summed E-state index contributed by atoms with van der Waals surface area (Å²) in [7, 11) is 0. The molecule has 2 aromatic rings. The smallest absolute Gasteiger partial charge is 0.320 e. The first kappa shape index (κ1) is 20.8. The summed E-state index contributed by atoms with van der Waals surface area (Å²) in [4.78, 5) is 45.5. The molecule has 0 spiro atoms. The van der Waals surface area contributed by atoms with Crippen LogP contribution in [-0.4, -0.2) is 58.8 Å². The van der Waals surface area contributed by atoms with Crippen LogP contribution < -0.4 is 10.6 Å². The van der Waals surface area contributed by atoms with Gasteiger partial charge in [0.1, 0.15) is 0 Å². The number of nitrogens with one attached hydrogen (secondary N) is 2. The molecule has 2 saturated heterocycles. The van der Waals surface area contributed by atoms with Gasteiger partial charge >= 0.3 is 6.03 Å². The number of likely N-dealkylation sites (tertiary alicyclic amines) is 2. The third-order valence-electron chi connectivity index (χ3n) is 5.77. The molecule has 2 fully saturated rings. The largest absolute Gasteiger partial charge is 0.326 e. The summed E-state index contributed by atoms with van der Waals surface area (Å²) in [5, 5.41) is 5.77. The number of hydrogen-bond donors (Lipinski definition) is 2. The van der Waals surface area contributed by atoms with Gasteiger partial charge in [-0.3, -0.25) is 14.6 Å². The number of rotatable bonds is 4. The molecule has 3 heterocycles. The van der Waals surface area contributed by atoms with Crippen LogP contribution in [0.1, 0.15) is 36.0 Å². The zero-order valence-electron chi connectivity index (χ0n) is 17.4. The third kappa shape index (κ3) is 5.20. The monoisotopic (exact) mass is 421 g/mol. The molecule has 1 atom stereocenters. The second-order valence-electron chi connectivity index (χ2n) is 8.02. The molecular weight excluding hydrogens is 394 g/mol. The summed E-state index contributed by atoms with van der Waals surface area (Å²) in [5.41, 5.74) is 1.71. The number of urea groups is 1. The van der Waals surface area contributed by atoms with E-state index in [0.717, 1.165) is 38.8 Å². The summed E-state index contributed by atoms with van der Waals surface area (Å²) in [5.74, 6) is -0.582. The van der Waals surface area contributed by atoms with Crippen molar-refractivity contribution in [3.63, 3.8) is 0 Å². The number of carbonyl (C=O) groups excluding carboxylic acids is 3. The van der Waals surface area contributed by atoms with Gasteiger partial charge in [0.05, 0.1) is 5.92 Å². The molecule has 0 bridgehead atoms. The van der Waals surface area contributed by atoms with Gasteiger partial charge in [0.25, 0.3) is 5.91 Å². The Balaban J connectivity index is 1.35. The van der Waals surface area contributed by atoms with E-state index in [1.807, 2.05) is 9.80 Å². The SMILES string of the molecule is O=C(Nc1cccc(NC(=O)[C@H]2CCCN(C(=O)N3CCCC3)C2)c1)c1ccncc1. The molecule has 0 unspecified atom stereocenters. The second-order valence-corrected chi connectivity index (χ2v) is 8.02. The molecule has 0 aliphatic carbocycles. The van der Waals surface area contributed by atoms with Crippen molar-refractivity contribution in [3.05, 3.63) is 54.4 Å². The zero-order chi connectivity index (χ0) is 21.6. The normalized spacial score (nSPS) is 18.5. The van der Waals surface area contributed by atoms with Gasteiger partial charge in [0, 0.05) is 55.5 Å². The number of benzene rings is 1. The molecule has 0 saturated carbocycles. The minimum absolute atomic E-state index is 0.0517. The van der Waals surface area contributed by atoms with Crippen LogP contribution in [0.3, 0.4) is 0 Å². The number of anilines is 2. The van der Waals surface area contributed by atoms with Gasteiger partial charge in [-0.05, 0) is 56.0 Å². The molecule has 8 heteroatoms. The van der Waals surface area contributed by atoms with Crippen molar-refractivity contribution in [1.82, 2.24) is 14.8 Å². The maximum atomic E-state index is 12.9. The van der Waals surface area contributed by atoms with E-state index in [0.29, 0.717) is 30.0 Å². The lowest BCUT2D eigenvalue weighted by atomic mass is 9.97. The average molecular weight is 422 g/mol. The van der Waals surface area contributed by atoms with Crippen LogP contribution in [0.25, 0.3) is 0 Å². The van der Waals surface area contributed by atoms with Crippen LogP contribution in [0.15, 0.2) is 48.8 Å². The summed E-state index contributed by atoms with van der Waals surface area (Å²) in [6.07, 6.45) is 6.81. The van der Waals surface area contributed by atoms with Crippen molar-refractivity contribution in [2.75, 3.05) is 36.8 Å². The molecule has 0 radical (unpaired) electrons. The highest BCUT2D eigenvalue weighted by Crippen LogP contribution is 2.22. The molecule has 31 heavy (non-hydrogen) atoms. The Morgan fingerprint density at radius 3 is 2.29 bits per heavy atom. The Hall–Kier alpha value is -3.42.